The van der Waals surface area contributed by atoms with Crippen LogP contribution in [-0.4, -0.2) is 60.8 Å². The molecule has 2 saturated carbocycles. The summed E-state index contributed by atoms with van der Waals surface area (Å²) in [4.78, 5) is 14.5. The van der Waals surface area contributed by atoms with Crippen molar-refractivity contribution in [1.29, 1.82) is 0 Å². The topological polar surface area (TPSA) is 120 Å². The number of aromatic nitrogens is 2. The van der Waals surface area contributed by atoms with Crippen LogP contribution in [0.5, 0.6) is 0 Å². The summed E-state index contributed by atoms with van der Waals surface area (Å²) < 4.78 is 76.3. The number of nitrogens with one attached hydrogen (secondary N) is 1. The van der Waals surface area contributed by atoms with Gasteiger partial charge in [-0.05, 0) is 63.5 Å². The molecule has 2 saturated heterocycles. The van der Waals surface area contributed by atoms with Gasteiger partial charge in [0.1, 0.15) is 11.9 Å². The Morgan fingerprint density at radius 2 is 1.82 bits per heavy atom. The fourth-order valence-electron chi connectivity index (χ4n) is 5.95. The summed E-state index contributed by atoms with van der Waals surface area (Å²) in [5.41, 5.74) is 5.01. The smallest absolute Gasteiger partial charge is 0.381 e. The van der Waals surface area contributed by atoms with Gasteiger partial charge >= 0.3 is 6.18 Å². The molecule has 1 aromatic heterocycles. The maximum absolute atomic E-state index is 13.8. The highest BCUT2D eigenvalue weighted by atomic mass is 32.2. The highest BCUT2D eigenvalue weighted by Gasteiger charge is 2.50. The Bertz CT molecular complexity index is 1380. The number of ether oxygens (including phenoxy) is 1. The number of sulfone groups is 1. The van der Waals surface area contributed by atoms with E-state index in [2.05, 4.69) is 5.32 Å². The van der Waals surface area contributed by atoms with E-state index in [0.717, 1.165) is 49.9 Å². The first-order valence-electron chi connectivity index (χ1n) is 13.9. The van der Waals surface area contributed by atoms with E-state index in [1.807, 2.05) is 10.7 Å². The molecular weight excluding hydrogens is 547 g/mol. The number of benzene rings is 1. The van der Waals surface area contributed by atoms with Crippen LogP contribution >= 0.6 is 0 Å². The van der Waals surface area contributed by atoms with E-state index in [1.54, 1.807) is 4.90 Å². The number of carbonyl (C=O) groups excluding carboxylic acids is 1. The monoisotopic (exact) mass is 581 g/mol. The normalized spacial score (nSPS) is 25.6. The first-order valence-corrected chi connectivity index (χ1v) is 15.5. The quantitative estimate of drug-likeness (QED) is 0.481. The maximum atomic E-state index is 13.8. The first kappa shape index (κ1) is 27.5. The highest BCUT2D eigenvalue weighted by Crippen LogP contribution is 2.42. The molecule has 1 aromatic carbocycles. The van der Waals surface area contributed by atoms with Crippen molar-refractivity contribution in [1.82, 2.24) is 15.1 Å². The zero-order chi connectivity index (χ0) is 28.3. The van der Waals surface area contributed by atoms with Crippen LogP contribution in [0.25, 0.3) is 0 Å². The molecule has 218 valence electrons. The standard InChI is InChI=1S/C27H34F3N5O4S/c28-27(29,30)20-6-1-2-7-23(20)40(37,38)19-14-22(25(36)32-26(31)10-11-26)34(16-19)24-15-21(17-8-12-39-13-9-17)33-35(24)18-4-3-5-18/h1-2,6-7,15,17-19,22H,3-5,8-14,16,31H2,(H,32,36)/t19-,22+/m1/s1. The van der Waals surface area contributed by atoms with Gasteiger partial charge in [-0.1, -0.05) is 12.1 Å². The number of alkyl halides is 3. The molecule has 13 heteroatoms. The number of halogens is 3. The van der Waals surface area contributed by atoms with Gasteiger partial charge in [0.05, 0.1) is 33.1 Å². The third-order valence-corrected chi connectivity index (χ3v) is 10.9. The van der Waals surface area contributed by atoms with E-state index in [4.69, 9.17) is 15.6 Å². The Balaban J connectivity index is 1.38. The van der Waals surface area contributed by atoms with E-state index < -0.39 is 49.3 Å². The van der Waals surface area contributed by atoms with Crippen LogP contribution in [0.2, 0.25) is 0 Å². The number of nitrogens with two attached hydrogens (primary N) is 1. The van der Waals surface area contributed by atoms with Crippen LogP contribution in [0.3, 0.4) is 0 Å². The molecule has 3 heterocycles. The number of hydrogen-bond acceptors (Lipinski definition) is 7. The van der Waals surface area contributed by atoms with E-state index in [0.29, 0.717) is 31.9 Å². The second kappa shape index (κ2) is 10.0. The van der Waals surface area contributed by atoms with E-state index >= 15 is 0 Å². The van der Waals surface area contributed by atoms with E-state index in [9.17, 15) is 26.4 Å². The van der Waals surface area contributed by atoms with Crippen molar-refractivity contribution in [3.05, 3.63) is 41.6 Å². The van der Waals surface area contributed by atoms with Crippen molar-refractivity contribution < 1.29 is 31.1 Å². The van der Waals surface area contributed by atoms with Crippen molar-refractivity contribution >= 4 is 21.6 Å². The minimum atomic E-state index is -4.84. The second-order valence-corrected chi connectivity index (χ2v) is 13.8. The van der Waals surface area contributed by atoms with Crippen LogP contribution in [0.1, 0.15) is 74.6 Å². The van der Waals surface area contributed by atoms with Crippen LogP contribution in [0, 0.1) is 0 Å². The molecule has 6 rings (SSSR count). The third-order valence-electron chi connectivity index (χ3n) is 8.75. The molecule has 0 radical (unpaired) electrons. The lowest BCUT2D eigenvalue weighted by molar-refractivity contribution is -0.139. The molecule has 2 aliphatic heterocycles. The number of anilines is 1. The number of rotatable bonds is 7. The van der Waals surface area contributed by atoms with Gasteiger partial charge in [-0.2, -0.15) is 18.3 Å². The van der Waals surface area contributed by atoms with Crippen molar-refractivity contribution in [2.45, 2.75) is 91.4 Å². The predicted molar refractivity (Wildman–Crippen MR) is 140 cm³/mol. The van der Waals surface area contributed by atoms with Crippen LogP contribution in [0.15, 0.2) is 35.2 Å². The molecule has 0 unspecified atom stereocenters. The molecule has 4 aliphatic rings. The van der Waals surface area contributed by atoms with Gasteiger partial charge < -0.3 is 20.7 Å². The number of carbonyl (C=O) groups is 1. The second-order valence-electron chi connectivity index (χ2n) is 11.6. The highest BCUT2D eigenvalue weighted by molar-refractivity contribution is 7.92. The molecule has 4 fully saturated rings. The van der Waals surface area contributed by atoms with E-state index in [1.165, 1.54) is 12.1 Å². The van der Waals surface area contributed by atoms with E-state index in [-0.39, 0.29) is 24.9 Å². The third kappa shape index (κ3) is 5.11. The van der Waals surface area contributed by atoms with Gasteiger partial charge in [-0.25, -0.2) is 13.1 Å². The molecule has 9 nitrogen and oxygen atoms in total. The molecule has 2 aliphatic carbocycles. The molecule has 2 atom stereocenters. The van der Waals surface area contributed by atoms with Gasteiger partial charge in [-0.3, -0.25) is 4.79 Å². The summed E-state index contributed by atoms with van der Waals surface area (Å²) in [5.74, 6) is 0.395. The molecule has 0 spiro atoms. The summed E-state index contributed by atoms with van der Waals surface area (Å²) in [6.07, 6.45) is 0.731. The van der Waals surface area contributed by atoms with Crippen molar-refractivity contribution in [3.63, 3.8) is 0 Å². The Kier molecular flexibility index (Phi) is 6.89. The minimum Gasteiger partial charge on any atom is -0.381 e. The summed E-state index contributed by atoms with van der Waals surface area (Å²) in [6.45, 7) is 1.13. The summed E-state index contributed by atoms with van der Waals surface area (Å²) in [6, 6.07) is 5.37. The SMILES string of the molecule is NC1(NC(=O)[C@@H]2C[C@@H](S(=O)(=O)c3ccccc3C(F)(F)F)CN2c2cc(C3CCOCC3)nn2C2CCC2)CC1. The molecule has 0 bridgehead atoms. The average Bonchev–Trinajstić information content (AvgIpc) is 3.27. The molecule has 40 heavy (non-hydrogen) atoms. The summed E-state index contributed by atoms with van der Waals surface area (Å²) in [7, 11) is -4.45. The fourth-order valence-corrected chi connectivity index (χ4v) is 7.86. The van der Waals surface area contributed by atoms with Gasteiger partial charge in [0, 0.05) is 31.7 Å². The zero-order valence-electron chi connectivity index (χ0n) is 22.1. The Hall–Kier alpha value is -2.64. The maximum Gasteiger partial charge on any atom is 0.417 e. The fraction of sp³-hybridized carbons (Fsp3) is 0.630. The molecule has 3 N–H and O–H groups in total. The van der Waals surface area contributed by atoms with Crippen LogP contribution in [-0.2, 0) is 25.5 Å². The number of amides is 1. The number of hydrogen-bond donors (Lipinski definition) is 2. The Morgan fingerprint density at radius 1 is 1.12 bits per heavy atom. The Labute approximate surface area is 231 Å². The van der Waals surface area contributed by atoms with Gasteiger partial charge in [0.15, 0.2) is 9.84 Å². The molecule has 2 aromatic rings. The minimum absolute atomic E-state index is 0.123. The summed E-state index contributed by atoms with van der Waals surface area (Å²) >= 11 is 0. The zero-order valence-corrected chi connectivity index (χ0v) is 22.9. The molecular formula is C27H34F3N5O4S. The largest absolute Gasteiger partial charge is 0.417 e. The van der Waals surface area contributed by atoms with Crippen LogP contribution in [0.4, 0.5) is 19.0 Å². The van der Waals surface area contributed by atoms with Gasteiger partial charge in [0.25, 0.3) is 0 Å². The van der Waals surface area contributed by atoms with Gasteiger partial charge in [0.2, 0.25) is 5.91 Å². The predicted octanol–water partition coefficient (Wildman–Crippen LogP) is 3.51. The van der Waals surface area contributed by atoms with Crippen LogP contribution < -0.4 is 16.0 Å². The number of nitrogens with zero attached hydrogens (tertiary/aromatic N) is 3. The summed E-state index contributed by atoms with van der Waals surface area (Å²) in [5, 5.41) is 6.55. The first-order chi connectivity index (χ1) is 19.0. The lowest BCUT2D eigenvalue weighted by Crippen LogP contribution is -2.52. The van der Waals surface area contributed by atoms with Crippen molar-refractivity contribution in [2.75, 3.05) is 24.7 Å². The lowest BCUT2D eigenvalue weighted by Gasteiger charge is -2.32. The van der Waals surface area contributed by atoms with Gasteiger partial charge in [-0.15, -0.1) is 0 Å². The van der Waals surface area contributed by atoms with Crippen molar-refractivity contribution in [2.24, 2.45) is 5.73 Å². The average molecular weight is 582 g/mol. The van der Waals surface area contributed by atoms with Crippen molar-refractivity contribution in [3.8, 4) is 0 Å². The Morgan fingerprint density at radius 3 is 2.45 bits per heavy atom. The lowest BCUT2D eigenvalue weighted by atomic mass is 9.93. The molecule has 1 amide bonds.